The summed E-state index contributed by atoms with van der Waals surface area (Å²) in [6.07, 6.45) is 12.9. The van der Waals surface area contributed by atoms with Crippen molar-refractivity contribution in [1.29, 1.82) is 0 Å². The summed E-state index contributed by atoms with van der Waals surface area (Å²) < 4.78 is 0. The molecule has 1 N–H and O–H groups in total. The van der Waals surface area contributed by atoms with Gasteiger partial charge in [0.2, 0.25) is 0 Å². The van der Waals surface area contributed by atoms with E-state index in [-0.39, 0.29) is 22.7 Å². The molecule has 0 aromatic heterocycles. The van der Waals surface area contributed by atoms with Crippen molar-refractivity contribution in [2.45, 2.75) is 65.4 Å². The molecular weight excluding hydrogens is 284 g/mol. The molecule has 0 amide bonds. The summed E-state index contributed by atoms with van der Waals surface area (Å²) in [5, 5.41) is 10.0. The zero-order chi connectivity index (χ0) is 16.4. The van der Waals surface area contributed by atoms with Gasteiger partial charge >= 0.3 is 0 Å². The lowest BCUT2D eigenvalue weighted by molar-refractivity contribution is -0.114. The Kier molecular flexibility index (Phi) is 3.29. The molecule has 5 atom stereocenters. The Balaban J connectivity index is 1.70. The Morgan fingerprint density at radius 2 is 2.00 bits per heavy atom. The number of fused-ring (bicyclic) bond motifs is 5. The van der Waals surface area contributed by atoms with Crippen molar-refractivity contribution >= 4 is 5.78 Å². The van der Waals surface area contributed by atoms with Gasteiger partial charge in [0.15, 0.2) is 5.78 Å². The first kappa shape index (κ1) is 15.4. The number of allylic oxidation sites excluding steroid dienone is 5. The van der Waals surface area contributed by atoms with E-state index in [1.807, 2.05) is 0 Å². The Hall–Kier alpha value is -1.15. The van der Waals surface area contributed by atoms with E-state index in [0.717, 1.165) is 37.7 Å². The first-order valence-electron chi connectivity index (χ1n) is 9.17. The Morgan fingerprint density at radius 3 is 2.74 bits per heavy atom. The maximum atomic E-state index is 12.1. The fourth-order valence-electron chi connectivity index (χ4n) is 6.16. The highest BCUT2D eigenvalue weighted by molar-refractivity contribution is 5.96. The molecule has 0 aliphatic heterocycles. The SMILES string of the molecule is CC(=O)C1=CC=C2[C@@H]3CC=C4C[C@@H](O)CC[C@]4(C)[C@H]3CC[C@]12C. The topological polar surface area (TPSA) is 37.3 Å². The standard InChI is InChI=1S/C21H28O2/c1-13(22)17-6-7-18-16-5-4-14-12-15(23)8-10-20(14,2)19(16)9-11-21(17,18)3/h4,6-7,15-16,19,23H,5,8-12H2,1-3H3/t15-,16-,19-,20-,21+/m0/s1. The second-order valence-corrected chi connectivity index (χ2v) is 8.62. The van der Waals surface area contributed by atoms with Crippen molar-refractivity contribution < 1.29 is 9.90 Å². The highest BCUT2D eigenvalue weighted by Gasteiger charge is 2.54. The van der Waals surface area contributed by atoms with Crippen LogP contribution in [-0.2, 0) is 4.79 Å². The molecule has 4 rings (SSSR count). The highest BCUT2D eigenvalue weighted by atomic mass is 16.3. The molecule has 0 saturated heterocycles. The summed E-state index contributed by atoms with van der Waals surface area (Å²) in [5.41, 5.74) is 4.25. The van der Waals surface area contributed by atoms with Crippen molar-refractivity contribution in [3.05, 3.63) is 34.9 Å². The third kappa shape index (κ3) is 2.00. The van der Waals surface area contributed by atoms with Crippen LogP contribution in [0.15, 0.2) is 34.9 Å². The minimum atomic E-state index is -0.142. The van der Waals surface area contributed by atoms with E-state index in [0.29, 0.717) is 11.8 Å². The van der Waals surface area contributed by atoms with Gasteiger partial charge < -0.3 is 5.11 Å². The van der Waals surface area contributed by atoms with Crippen LogP contribution in [-0.4, -0.2) is 17.0 Å². The molecule has 124 valence electrons. The van der Waals surface area contributed by atoms with Crippen LogP contribution in [0.2, 0.25) is 0 Å². The molecule has 23 heavy (non-hydrogen) atoms. The van der Waals surface area contributed by atoms with Gasteiger partial charge in [-0.1, -0.05) is 43.2 Å². The summed E-state index contributed by atoms with van der Waals surface area (Å²) in [6, 6.07) is 0. The fraction of sp³-hybridized carbons (Fsp3) is 0.667. The summed E-state index contributed by atoms with van der Waals surface area (Å²) in [6.45, 7) is 6.42. The number of carbonyl (C=O) groups is 1. The van der Waals surface area contributed by atoms with Gasteiger partial charge in [0.05, 0.1) is 6.10 Å². The van der Waals surface area contributed by atoms with E-state index in [1.165, 1.54) is 17.6 Å². The van der Waals surface area contributed by atoms with Gasteiger partial charge in [-0.25, -0.2) is 0 Å². The molecule has 2 heteroatoms. The molecule has 4 aliphatic carbocycles. The molecule has 4 aliphatic rings. The first-order chi connectivity index (χ1) is 10.9. The summed E-state index contributed by atoms with van der Waals surface area (Å²) in [7, 11) is 0. The fourth-order valence-corrected chi connectivity index (χ4v) is 6.16. The Labute approximate surface area is 139 Å². The summed E-state index contributed by atoms with van der Waals surface area (Å²) >= 11 is 0. The van der Waals surface area contributed by atoms with Gasteiger partial charge in [0.25, 0.3) is 0 Å². The number of aliphatic hydroxyl groups excluding tert-OH is 1. The predicted octanol–water partition coefficient (Wildman–Crippen LogP) is 4.36. The average Bonchev–Trinajstić information content (AvgIpc) is 2.85. The number of carbonyl (C=O) groups excluding carboxylic acids is 1. The molecule has 0 aromatic carbocycles. The normalized spacial score (nSPS) is 45.2. The van der Waals surface area contributed by atoms with Crippen molar-refractivity contribution in [3.8, 4) is 0 Å². The number of hydrogen-bond acceptors (Lipinski definition) is 2. The predicted molar refractivity (Wildman–Crippen MR) is 91.8 cm³/mol. The maximum Gasteiger partial charge on any atom is 0.156 e. The van der Waals surface area contributed by atoms with Crippen LogP contribution in [0, 0.1) is 22.7 Å². The van der Waals surface area contributed by atoms with E-state index in [1.54, 1.807) is 6.92 Å². The quantitative estimate of drug-likeness (QED) is 0.731. The van der Waals surface area contributed by atoms with Gasteiger partial charge in [-0.2, -0.15) is 0 Å². The largest absolute Gasteiger partial charge is 0.393 e. The molecule has 2 nitrogen and oxygen atoms in total. The molecular formula is C21H28O2. The van der Waals surface area contributed by atoms with Crippen LogP contribution >= 0.6 is 0 Å². The molecule has 2 fully saturated rings. The first-order valence-corrected chi connectivity index (χ1v) is 9.17. The van der Waals surface area contributed by atoms with Gasteiger partial charge in [0, 0.05) is 11.0 Å². The smallest absolute Gasteiger partial charge is 0.156 e. The molecule has 0 radical (unpaired) electrons. The molecule has 2 saturated carbocycles. The number of hydrogen-bond donors (Lipinski definition) is 1. The van der Waals surface area contributed by atoms with Gasteiger partial charge in [-0.15, -0.1) is 0 Å². The van der Waals surface area contributed by atoms with Crippen molar-refractivity contribution in [2.75, 3.05) is 0 Å². The third-order valence-corrected chi connectivity index (χ3v) is 7.50. The zero-order valence-electron chi connectivity index (χ0n) is 14.6. The lowest BCUT2D eigenvalue weighted by atomic mass is 9.49. The van der Waals surface area contributed by atoms with E-state index >= 15 is 0 Å². The van der Waals surface area contributed by atoms with Gasteiger partial charge in [0.1, 0.15) is 0 Å². The maximum absolute atomic E-state index is 12.1. The van der Waals surface area contributed by atoms with Crippen LogP contribution < -0.4 is 0 Å². The van der Waals surface area contributed by atoms with Crippen LogP contribution in [0.1, 0.15) is 59.3 Å². The minimum Gasteiger partial charge on any atom is -0.393 e. The van der Waals surface area contributed by atoms with E-state index in [4.69, 9.17) is 0 Å². The molecule has 0 unspecified atom stereocenters. The number of ketones is 1. The van der Waals surface area contributed by atoms with E-state index in [9.17, 15) is 9.90 Å². The number of Topliss-reactive ketones (excluding diaryl/α,β-unsaturated/α-hetero) is 1. The van der Waals surface area contributed by atoms with Crippen molar-refractivity contribution in [1.82, 2.24) is 0 Å². The van der Waals surface area contributed by atoms with Crippen LogP contribution in [0.4, 0.5) is 0 Å². The lowest BCUT2D eigenvalue weighted by Gasteiger charge is -2.55. The van der Waals surface area contributed by atoms with Crippen molar-refractivity contribution in [2.24, 2.45) is 22.7 Å². The monoisotopic (exact) mass is 312 g/mol. The molecule has 0 aromatic rings. The molecule has 0 bridgehead atoms. The minimum absolute atomic E-state index is 0.0249. The van der Waals surface area contributed by atoms with Crippen LogP contribution in [0.5, 0.6) is 0 Å². The third-order valence-electron chi connectivity index (χ3n) is 7.50. The lowest BCUT2D eigenvalue weighted by Crippen LogP contribution is -2.47. The van der Waals surface area contributed by atoms with E-state index in [2.05, 4.69) is 32.1 Å². The summed E-state index contributed by atoms with van der Waals surface area (Å²) in [5.74, 6) is 1.48. The Bertz CT molecular complexity index is 653. The molecule has 0 spiro atoms. The van der Waals surface area contributed by atoms with Crippen LogP contribution in [0.3, 0.4) is 0 Å². The number of rotatable bonds is 1. The van der Waals surface area contributed by atoms with Crippen LogP contribution in [0.25, 0.3) is 0 Å². The van der Waals surface area contributed by atoms with E-state index < -0.39 is 0 Å². The second kappa shape index (κ2) is 4.92. The average molecular weight is 312 g/mol. The van der Waals surface area contributed by atoms with Gasteiger partial charge in [-0.3, -0.25) is 4.79 Å². The second-order valence-electron chi connectivity index (χ2n) is 8.62. The highest BCUT2D eigenvalue weighted by Crippen LogP contribution is 2.63. The summed E-state index contributed by atoms with van der Waals surface area (Å²) in [4.78, 5) is 12.1. The zero-order valence-corrected chi connectivity index (χ0v) is 14.6. The Morgan fingerprint density at radius 1 is 1.22 bits per heavy atom. The molecule has 0 heterocycles. The van der Waals surface area contributed by atoms with Crippen molar-refractivity contribution in [3.63, 3.8) is 0 Å². The van der Waals surface area contributed by atoms with Gasteiger partial charge in [-0.05, 0) is 62.7 Å². The number of aliphatic hydroxyl groups is 1.